The summed E-state index contributed by atoms with van der Waals surface area (Å²) in [5.74, 6) is -0.463. The number of ether oxygens (including phenoxy) is 1. The van der Waals surface area contributed by atoms with Crippen molar-refractivity contribution in [2.24, 2.45) is 0 Å². The third-order valence-corrected chi connectivity index (χ3v) is 4.87. The van der Waals surface area contributed by atoms with Gasteiger partial charge >= 0.3 is 6.55 Å². The predicted molar refractivity (Wildman–Crippen MR) is 109 cm³/mol. The maximum Gasteiger partial charge on any atom is 0.333 e. The monoisotopic (exact) mass is 455 g/mol. The van der Waals surface area contributed by atoms with E-state index in [2.05, 4.69) is 30.7 Å². The van der Waals surface area contributed by atoms with Crippen molar-refractivity contribution < 1.29 is 17.9 Å². The molecule has 5 aromatic rings. The lowest BCUT2D eigenvalue weighted by Gasteiger charge is -2.15. The zero-order valence-electron chi connectivity index (χ0n) is 17.1. The number of aromatic nitrogens is 9. The van der Waals surface area contributed by atoms with Gasteiger partial charge in [-0.25, -0.2) is 23.3 Å². The van der Waals surface area contributed by atoms with E-state index in [1.165, 1.54) is 40.2 Å². The number of halogens is 3. The molecule has 5 rings (SSSR count). The van der Waals surface area contributed by atoms with Crippen LogP contribution in [-0.4, -0.2) is 50.7 Å². The van der Waals surface area contributed by atoms with Gasteiger partial charge in [-0.2, -0.15) is 19.0 Å². The van der Waals surface area contributed by atoms with Gasteiger partial charge in [0.05, 0.1) is 24.6 Å². The van der Waals surface area contributed by atoms with Gasteiger partial charge in [0, 0.05) is 29.1 Å². The SMILES string of the molecule is C[C@@H](Cn1cnnn1)Oc1cc(-c2ccn3ncc(-c4cnn(C(F)F)c4)c3n2)ccc1F. The van der Waals surface area contributed by atoms with Crippen LogP contribution < -0.4 is 4.74 Å². The van der Waals surface area contributed by atoms with Gasteiger partial charge < -0.3 is 4.74 Å². The summed E-state index contributed by atoms with van der Waals surface area (Å²) < 4.78 is 49.5. The number of fused-ring (bicyclic) bond motifs is 1. The second-order valence-electron chi connectivity index (χ2n) is 7.23. The summed E-state index contributed by atoms with van der Waals surface area (Å²) in [6, 6.07) is 6.14. The lowest BCUT2D eigenvalue weighted by molar-refractivity contribution is 0.0566. The number of hydrogen-bond acceptors (Lipinski definition) is 7. The molecule has 4 heterocycles. The van der Waals surface area contributed by atoms with Crippen molar-refractivity contribution in [2.45, 2.75) is 26.1 Å². The highest BCUT2D eigenvalue weighted by atomic mass is 19.3. The standard InChI is InChI=1S/C20H16F3N9O/c1-12(9-30-11-24-28-29-30)33-18-6-13(2-3-16(18)21)17-4-5-31-19(27-17)15(8-26-31)14-7-25-32(10-14)20(22)23/h2-8,10-12,20H,9H2,1H3/t12-/m0/s1. The molecule has 0 N–H and O–H groups in total. The molecule has 0 amide bonds. The lowest BCUT2D eigenvalue weighted by atomic mass is 10.1. The Morgan fingerprint density at radius 1 is 1.09 bits per heavy atom. The molecule has 1 aromatic carbocycles. The normalized spacial score (nSPS) is 12.5. The van der Waals surface area contributed by atoms with Crippen molar-refractivity contribution in [1.82, 2.24) is 44.6 Å². The van der Waals surface area contributed by atoms with Crippen LogP contribution in [0.4, 0.5) is 13.2 Å². The van der Waals surface area contributed by atoms with Gasteiger partial charge in [0.2, 0.25) is 0 Å². The van der Waals surface area contributed by atoms with Crippen molar-refractivity contribution in [1.29, 1.82) is 0 Å². The number of tetrazole rings is 1. The number of benzene rings is 1. The lowest BCUT2D eigenvalue weighted by Crippen LogP contribution is -2.20. The van der Waals surface area contributed by atoms with Crippen LogP contribution in [-0.2, 0) is 6.54 Å². The van der Waals surface area contributed by atoms with E-state index in [9.17, 15) is 13.2 Å². The van der Waals surface area contributed by atoms with Gasteiger partial charge in [0.15, 0.2) is 17.2 Å². The molecule has 0 aliphatic rings. The molecule has 33 heavy (non-hydrogen) atoms. The second-order valence-corrected chi connectivity index (χ2v) is 7.23. The Kier molecular flexibility index (Phi) is 5.20. The average molecular weight is 455 g/mol. The zero-order chi connectivity index (χ0) is 22.9. The topological polar surface area (TPSA) is 101 Å². The van der Waals surface area contributed by atoms with Crippen LogP contribution in [0.15, 0.2) is 55.4 Å². The number of rotatable bonds is 7. The van der Waals surface area contributed by atoms with E-state index >= 15 is 0 Å². The minimum atomic E-state index is -2.75. The average Bonchev–Trinajstić information content (AvgIpc) is 3.55. The number of nitrogens with zero attached hydrogens (tertiary/aromatic N) is 9. The molecule has 0 spiro atoms. The fourth-order valence-electron chi connectivity index (χ4n) is 3.35. The summed E-state index contributed by atoms with van der Waals surface area (Å²) in [5, 5.41) is 18.8. The largest absolute Gasteiger partial charge is 0.486 e. The summed E-state index contributed by atoms with van der Waals surface area (Å²) >= 11 is 0. The molecule has 10 nitrogen and oxygen atoms in total. The first-order valence-corrected chi connectivity index (χ1v) is 9.82. The minimum Gasteiger partial charge on any atom is -0.486 e. The Morgan fingerprint density at radius 3 is 2.73 bits per heavy atom. The number of hydrogen-bond donors (Lipinski definition) is 0. The summed E-state index contributed by atoms with van der Waals surface area (Å²) in [6.07, 6.45) is 6.81. The fourth-order valence-corrected chi connectivity index (χ4v) is 3.35. The molecule has 0 unspecified atom stereocenters. The Morgan fingerprint density at radius 2 is 1.97 bits per heavy atom. The Hall–Kier alpha value is -4.29. The van der Waals surface area contributed by atoms with Gasteiger partial charge in [-0.1, -0.05) is 0 Å². The quantitative estimate of drug-likeness (QED) is 0.371. The van der Waals surface area contributed by atoms with Crippen molar-refractivity contribution in [3.05, 3.63) is 61.2 Å². The van der Waals surface area contributed by atoms with E-state index in [0.717, 1.165) is 0 Å². The van der Waals surface area contributed by atoms with Gasteiger partial charge in [-0.15, -0.1) is 5.10 Å². The maximum absolute atomic E-state index is 14.4. The molecular weight excluding hydrogens is 439 g/mol. The van der Waals surface area contributed by atoms with Crippen LogP contribution in [0.1, 0.15) is 13.5 Å². The Labute approximate surface area is 184 Å². The Bertz CT molecular complexity index is 1400. The molecule has 0 fully saturated rings. The van der Waals surface area contributed by atoms with Crippen molar-refractivity contribution in [2.75, 3.05) is 0 Å². The molecule has 0 aliphatic carbocycles. The van der Waals surface area contributed by atoms with Crippen LogP contribution in [0.3, 0.4) is 0 Å². The van der Waals surface area contributed by atoms with Crippen LogP contribution in [0.5, 0.6) is 5.75 Å². The minimum absolute atomic E-state index is 0.0571. The van der Waals surface area contributed by atoms with E-state index in [4.69, 9.17) is 4.74 Å². The van der Waals surface area contributed by atoms with Gasteiger partial charge in [0.25, 0.3) is 0 Å². The van der Waals surface area contributed by atoms with Crippen molar-refractivity contribution in [3.8, 4) is 28.1 Å². The van der Waals surface area contributed by atoms with E-state index in [-0.39, 0.29) is 5.75 Å². The smallest absolute Gasteiger partial charge is 0.333 e. The Balaban J connectivity index is 1.45. The van der Waals surface area contributed by atoms with Crippen molar-refractivity contribution in [3.63, 3.8) is 0 Å². The third-order valence-electron chi connectivity index (χ3n) is 4.87. The van der Waals surface area contributed by atoms with Crippen molar-refractivity contribution >= 4 is 5.65 Å². The van der Waals surface area contributed by atoms with E-state index in [0.29, 0.717) is 39.3 Å². The van der Waals surface area contributed by atoms with E-state index in [1.54, 1.807) is 31.3 Å². The molecule has 1 atom stereocenters. The van der Waals surface area contributed by atoms with E-state index < -0.39 is 18.5 Å². The summed E-state index contributed by atoms with van der Waals surface area (Å²) in [5.41, 5.74) is 2.58. The second kappa shape index (κ2) is 8.33. The highest BCUT2D eigenvalue weighted by Crippen LogP contribution is 2.29. The number of alkyl halides is 2. The molecule has 0 saturated carbocycles. The molecule has 13 heteroatoms. The highest BCUT2D eigenvalue weighted by molar-refractivity contribution is 5.77. The highest BCUT2D eigenvalue weighted by Gasteiger charge is 2.16. The summed E-state index contributed by atoms with van der Waals surface area (Å²) in [7, 11) is 0. The third kappa shape index (κ3) is 4.12. The van der Waals surface area contributed by atoms with Gasteiger partial charge in [0.1, 0.15) is 12.4 Å². The van der Waals surface area contributed by atoms with Crippen LogP contribution in [0.25, 0.3) is 28.0 Å². The molecule has 0 aliphatic heterocycles. The van der Waals surface area contributed by atoms with Gasteiger partial charge in [-0.3, -0.25) is 0 Å². The predicted octanol–water partition coefficient (Wildman–Crippen LogP) is 3.25. The summed E-state index contributed by atoms with van der Waals surface area (Å²) in [6.45, 7) is -0.632. The summed E-state index contributed by atoms with van der Waals surface area (Å²) in [4.78, 5) is 4.61. The van der Waals surface area contributed by atoms with Crippen LogP contribution in [0.2, 0.25) is 0 Å². The molecular formula is C20H16F3N9O. The first kappa shape index (κ1) is 20.6. The van der Waals surface area contributed by atoms with Crippen LogP contribution in [0, 0.1) is 5.82 Å². The van der Waals surface area contributed by atoms with Gasteiger partial charge in [-0.05, 0) is 41.6 Å². The molecule has 168 valence electrons. The van der Waals surface area contributed by atoms with E-state index in [1.807, 2.05) is 0 Å². The maximum atomic E-state index is 14.4. The molecule has 0 saturated heterocycles. The first-order chi connectivity index (χ1) is 16.0. The van der Waals surface area contributed by atoms with Crippen LogP contribution >= 0.6 is 0 Å². The zero-order valence-corrected chi connectivity index (χ0v) is 17.1. The first-order valence-electron chi connectivity index (χ1n) is 9.82. The molecule has 4 aromatic heterocycles. The molecule has 0 radical (unpaired) electrons. The molecule has 0 bridgehead atoms. The fraction of sp³-hybridized carbons (Fsp3) is 0.200.